The van der Waals surface area contributed by atoms with Crippen LogP contribution in [0, 0.1) is 0 Å². The van der Waals surface area contributed by atoms with Crippen molar-refractivity contribution in [3.63, 3.8) is 0 Å². The van der Waals surface area contributed by atoms with Gasteiger partial charge in [-0.3, -0.25) is 0 Å². The van der Waals surface area contributed by atoms with Crippen molar-refractivity contribution < 1.29 is 0 Å². The van der Waals surface area contributed by atoms with E-state index in [0.29, 0.717) is 0 Å². The van der Waals surface area contributed by atoms with Gasteiger partial charge in [-0.25, -0.2) is 4.98 Å². The summed E-state index contributed by atoms with van der Waals surface area (Å²) in [5, 5.41) is 3.11. The Morgan fingerprint density at radius 1 is 1.33 bits per heavy atom. The lowest BCUT2D eigenvalue weighted by Crippen LogP contribution is -2.28. The zero-order valence-corrected chi connectivity index (χ0v) is 9.86. The summed E-state index contributed by atoms with van der Waals surface area (Å²) in [7, 11) is 7.84. The molecule has 84 valence electrons. The molecule has 0 saturated carbocycles. The van der Waals surface area contributed by atoms with Gasteiger partial charge in [-0.05, 0) is 13.1 Å². The van der Waals surface area contributed by atoms with E-state index in [4.69, 9.17) is 0 Å². The van der Waals surface area contributed by atoms with Crippen LogP contribution in [0.25, 0.3) is 0 Å². The summed E-state index contributed by atoms with van der Waals surface area (Å²) in [5.74, 6) is 1.69. The molecule has 15 heavy (non-hydrogen) atoms. The third kappa shape index (κ3) is 3.36. The van der Waals surface area contributed by atoms with Gasteiger partial charge < -0.3 is 15.1 Å². The third-order valence-corrected chi connectivity index (χ3v) is 2.12. The van der Waals surface area contributed by atoms with Gasteiger partial charge in [0.25, 0.3) is 0 Å². The molecule has 0 aliphatic heterocycles. The standard InChI is InChI=1S/C10H19N5/c1-11-7-8-15(4)9-5-6-12-10(13-9)14(2)3/h5-6,11H,7-8H2,1-4H3. The molecular formula is C10H19N5. The van der Waals surface area contributed by atoms with Crippen molar-refractivity contribution >= 4 is 11.8 Å². The molecule has 0 radical (unpaired) electrons. The fraction of sp³-hybridized carbons (Fsp3) is 0.600. The first kappa shape index (κ1) is 11.7. The zero-order valence-electron chi connectivity index (χ0n) is 9.86. The first-order valence-electron chi connectivity index (χ1n) is 5.01. The van der Waals surface area contributed by atoms with Gasteiger partial charge in [0.2, 0.25) is 5.95 Å². The van der Waals surface area contributed by atoms with Crippen LogP contribution in [0.1, 0.15) is 0 Å². The maximum Gasteiger partial charge on any atom is 0.226 e. The highest BCUT2D eigenvalue weighted by Crippen LogP contribution is 2.11. The third-order valence-electron chi connectivity index (χ3n) is 2.12. The van der Waals surface area contributed by atoms with Gasteiger partial charge in [-0.15, -0.1) is 0 Å². The van der Waals surface area contributed by atoms with Crippen molar-refractivity contribution in [3.8, 4) is 0 Å². The Morgan fingerprint density at radius 2 is 2.07 bits per heavy atom. The van der Waals surface area contributed by atoms with E-state index in [9.17, 15) is 0 Å². The molecule has 1 heterocycles. The van der Waals surface area contributed by atoms with Crippen LogP contribution in [0.4, 0.5) is 11.8 Å². The number of nitrogens with zero attached hydrogens (tertiary/aromatic N) is 4. The minimum Gasteiger partial charge on any atom is -0.358 e. The number of rotatable bonds is 5. The maximum absolute atomic E-state index is 4.44. The number of hydrogen-bond donors (Lipinski definition) is 1. The van der Waals surface area contributed by atoms with Gasteiger partial charge in [-0.2, -0.15) is 4.98 Å². The van der Waals surface area contributed by atoms with Crippen LogP contribution in [-0.4, -0.2) is 51.2 Å². The average Bonchev–Trinajstić information content (AvgIpc) is 2.26. The van der Waals surface area contributed by atoms with Gasteiger partial charge in [0.15, 0.2) is 0 Å². The number of nitrogens with one attached hydrogen (secondary N) is 1. The molecule has 0 unspecified atom stereocenters. The van der Waals surface area contributed by atoms with Crippen LogP contribution in [-0.2, 0) is 0 Å². The Bertz CT molecular complexity index is 300. The topological polar surface area (TPSA) is 44.3 Å². The monoisotopic (exact) mass is 209 g/mol. The number of hydrogen-bond acceptors (Lipinski definition) is 5. The lowest BCUT2D eigenvalue weighted by molar-refractivity contribution is 0.759. The summed E-state index contributed by atoms with van der Waals surface area (Å²) in [6, 6.07) is 1.92. The van der Waals surface area contributed by atoms with E-state index in [2.05, 4.69) is 20.2 Å². The van der Waals surface area contributed by atoms with Crippen LogP contribution in [0.2, 0.25) is 0 Å². The Hall–Kier alpha value is -1.36. The highest BCUT2D eigenvalue weighted by Gasteiger charge is 2.04. The van der Waals surface area contributed by atoms with E-state index < -0.39 is 0 Å². The summed E-state index contributed by atoms with van der Waals surface area (Å²) in [6.07, 6.45) is 1.79. The van der Waals surface area contributed by atoms with Crippen molar-refractivity contribution in [1.82, 2.24) is 15.3 Å². The lowest BCUT2D eigenvalue weighted by Gasteiger charge is -2.19. The van der Waals surface area contributed by atoms with E-state index in [0.717, 1.165) is 24.9 Å². The second kappa shape index (κ2) is 5.50. The van der Waals surface area contributed by atoms with Crippen LogP contribution in [0.5, 0.6) is 0 Å². The maximum atomic E-state index is 4.44. The van der Waals surface area contributed by atoms with Gasteiger partial charge in [0, 0.05) is 40.4 Å². The predicted molar refractivity (Wildman–Crippen MR) is 63.6 cm³/mol. The highest BCUT2D eigenvalue weighted by atomic mass is 15.3. The van der Waals surface area contributed by atoms with Crippen molar-refractivity contribution in [2.24, 2.45) is 0 Å². The van der Waals surface area contributed by atoms with Crippen molar-refractivity contribution in [2.75, 3.05) is 51.1 Å². The molecule has 1 aromatic heterocycles. The number of aromatic nitrogens is 2. The average molecular weight is 209 g/mol. The van der Waals surface area contributed by atoms with E-state index in [1.54, 1.807) is 6.20 Å². The van der Waals surface area contributed by atoms with E-state index in [1.807, 2.05) is 39.2 Å². The molecule has 1 N–H and O–H groups in total. The molecule has 0 aliphatic rings. The van der Waals surface area contributed by atoms with Gasteiger partial charge in [0.1, 0.15) is 5.82 Å². The summed E-state index contributed by atoms with van der Waals surface area (Å²) in [5.41, 5.74) is 0. The Kier molecular flexibility index (Phi) is 4.30. The molecule has 0 aromatic carbocycles. The predicted octanol–water partition coefficient (Wildman–Crippen LogP) is 0.198. The zero-order chi connectivity index (χ0) is 11.3. The summed E-state index contributed by atoms with van der Waals surface area (Å²) in [6.45, 7) is 1.87. The SMILES string of the molecule is CNCCN(C)c1ccnc(N(C)C)n1. The smallest absolute Gasteiger partial charge is 0.226 e. The number of likely N-dealkylation sites (N-methyl/N-ethyl adjacent to an activating group) is 2. The van der Waals surface area contributed by atoms with E-state index in [-0.39, 0.29) is 0 Å². The minimum absolute atomic E-state index is 0.740. The summed E-state index contributed by atoms with van der Waals surface area (Å²) in [4.78, 5) is 12.6. The molecule has 5 heteroatoms. The minimum atomic E-state index is 0.740. The lowest BCUT2D eigenvalue weighted by atomic mass is 10.5. The molecule has 1 rings (SSSR count). The first-order chi connectivity index (χ1) is 7.15. The Morgan fingerprint density at radius 3 is 2.67 bits per heavy atom. The van der Waals surface area contributed by atoms with E-state index in [1.165, 1.54) is 0 Å². The van der Waals surface area contributed by atoms with E-state index >= 15 is 0 Å². The molecule has 0 aliphatic carbocycles. The molecule has 0 saturated heterocycles. The largest absolute Gasteiger partial charge is 0.358 e. The number of anilines is 2. The Labute approximate surface area is 91.1 Å². The fourth-order valence-corrected chi connectivity index (χ4v) is 1.16. The van der Waals surface area contributed by atoms with Crippen LogP contribution < -0.4 is 15.1 Å². The van der Waals surface area contributed by atoms with Gasteiger partial charge in [0.05, 0.1) is 0 Å². The second-order valence-corrected chi connectivity index (χ2v) is 3.63. The van der Waals surface area contributed by atoms with Crippen molar-refractivity contribution in [1.29, 1.82) is 0 Å². The molecule has 0 fully saturated rings. The summed E-state index contributed by atoms with van der Waals surface area (Å²) < 4.78 is 0. The van der Waals surface area contributed by atoms with Crippen LogP contribution in [0.15, 0.2) is 12.3 Å². The van der Waals surface area contributed by atoms with Gasteiger partial charge >= 0.3 is 0 Å². The highest BCUT2D eigenvalue weighted by molar-refractivity contribution is 5.42. The van der Waals surface area contributed by atoms with Crippen LogP contribution >= 0.6 is 0 Å². The Balaban J connectivity index is 2.71. The summed E-state index contributed by atoms with van der Waals surface area (Å²) >= 11 is 0. The molecule has 1 aromatic rings. The molecule has 0 bridgehead atoms. The molecule has 0 atom stereocenters. The van der Waals surface area contributed by atoms with Crippen molar-refractivity contribution in [3.05, 3.63) is 12.3 Å². The molecule has 0 spiro atoms. The van der Waals surface area contributed by atoms with Crippen molar-refractivity contribution in [2.45, 2.75) is 0 Å². The quantitative estimate of drug-likeness (QED) is 0.750. The molecule has 5 nitrogen and oxygen atoms in total. The normalized spacial score (nSPS) is 10.1. The molecular weight excluding hydrogens is 190 g/mol. The second-order valence-electron chi connectivity index (χ2n) is 3.63. The first-order valence-corrected chi connectivity index (χ1v) is 5.01. The van der Waals surface area contributed by atoms with Crippen LogP contribution in [0.3, 0.4) is 0 Å². The molecule has 0 amide bonds. The van der Waals surface area contributed by atoms with Gasteiger partial charge in [-0.1, -0.05) is 0 Å². The fourth-order valence-electron chi connectivity index (χ4n) is 1.16.